The third-order valence-corrected chi connectivity index (χ3v) is 4.73. The molecule has 3 atom stereocenters. The highest BCUT2D eigenvalue weighted by Crippen LogP contribution is 2.55. The van der Waals surface area contributed by atoms with Gasteiger partial charge >= 0.3 is 0 Å². The third kappa shape index (κ3) is 2.32. The van der Waals surface area contributed by atoms with Gasteiger partial charge < -0.3 is 0 Å². The van der Waals surface area contributed by atoms with Gasteiger partial charge in [0.25, 0.3) is 0 Å². The Balaban J connectivity index is 2.36. The summed E-state index contributed by atoms with van der Waals surface area (Å²) < 4.78 is 0. The van der Waals surface area contributed by atoms with E-state index in [0.717, 1.165) is 19.3 Å². The molecule has 2 fully saturated rings. The van der Waals surface area contributed by atoms with Crippen LogP contribution in [0.1, 0.15) is 59.8 Å². The number of nitrogens with one attached hydrogen (secondary N) is 1. The molecule has 2 aliphatic rings. The predicted octanol–water partition coefficient (Wildman–Crippen LogP) is 2.89. The SMILES string of the molecule is CCC1C(=O)NC(=O)CC12CC(C)CC(C)(C)C2. The first-order valence-electron chi connectivity index (χ1n) is 7.12. The van der Waals surface area contributed by atoms with Crippen molar-refractivity contribution in [2.45, 2.75) is 59.8 Å². The van der Waals surface area contributed by atoms with Crippen LogP contribution in [0.25, 0.3) is 0 Å². The van der Waals surface area contributed by atoms with Crippen LogP contribution < -0.4 is 5.32 Å². The zero-order valence-electron chi connectivity index (χ0n) is 12.0. The lowest BCUT2D eigenvalue weighted by molar-refractivity contribution is -0.149. The van der Waals surface area contributed by atoms with Crippen LogP contribution in [0.2, 0.25) is 0 Å². The molecule has 1 heterocycles. The van der Waals surface area contributed by atoms with Gasteiger partial charge in [-0.1, -0.05) is 27.7 Å². The highest BCUT2D eigenvalue weighted by atomic mass is 16.2. The molecule has 3 heteroatoms. The molecule has 1 N–H and O–H groups in total. The summed E-state index contributed by atoms with van der Waals surface area (Å²) >= 11 is 0. The van der Waals surface area contributed by atoms with E-state index in [1.165, 1.54) is 6.42 Å². The molecule has 2 rings (SSSR count). The smallest absolute Gasteiger partial charge is 0.230 e. The zero-order chi connectivity index (χ0) is 13.6. The first kappa shape index (κ1) is 13.6. The Kier molecular flexibility index (Phi) is 3.28. The molecule has 3 unspecified atom stereocenters. The average molecular weight is 251 g/mol. The van der Waals surface area contributed by atoms with Crippen LogP contribution in [0, 0.1) is 22.7 Å². The number of amides is 2. The van der Waals surface area contributed by atoms with Crippen LogP contribution >= 0.6 is 0 Å². The fraction of sp³-hybridized carbons (Fsp3) is 0.867. The summed E-state index contributed by atoms with van der Waals surface area (Å²) in [5.74, 6) is 0.493. The molecule has 1 saturated carbocycles. The van der Waals surface area contributed by atoms with Crippen LogP contribution in [0.15, 0.2) is 0 Å². The van der Waals surface area contributed by atoms with E-state index in [4.69, 9.17) is 0 Å². The van der Waals surface area contributed by atoms with Gasteiger partial charge in [-0.25, -0.2) is 0 Å². The second-order valence-corrected chi connectivity index (χ2v) is 7.27. The minimum absolute atomic E-state index is 0.0113. The van der Waals surface area contributed by atoms with Gasteiger partial charge in [0.2, 0.25) is 11.8 Å². The van der Waals surface area contributed by atoms with Crippen molar-refractivity contribution in [3.8, 4) is 0 Å². The number of hydrogen-bond acceptors (Lipinski definition) is 2. The van der Waals surface area contributed by atoms with Gasteiger partial charge in [-0.3, -0.25) is 14.9 Å². The molecule has 0 radical (unpaired) electrons. The topological polar surface area (TPSA) is 46.2 Å². The molecule has 102 valence electrons. The first-order chi connectivity index (χ1) is 8.28. The monoisotopic (exact) mass is 251 g/mol. The van der Waals surface area contributed by atoms with Crippen LogP contribution in [0.4, 0.5) is 0 Å². The molecular formula is C15H25NO2. The summed E-state index contributed by atoms with van der Waals surface area (Å²) in [6.07, 6.45) is 4.59. The molecule has 2 amide bonds. The average Bonchev–Trinajstić information content (AvgIpc) is 2.11. The number of rotatable bonds is 1. The van der Waals surface area contributed by atoms with E-state index in [-0.39, 0.29) is 28.6 Å². The summed E-state index contributed by atoms with van der Waals surface area (Å²) in [6.45, 7) is 8.86. The Morgan fingerprint density at radius 3 is 2.50 bits per heavy atom. The lowest BCUT2D eigenvalue weighted by Gasteiger charge is -2.52. The standard InChI is InChI=1S/C15H25NO2/c1-5-11-13(18)16-12(17)8-15(11)7-10(2)6-14(3,4)9-15/h10-11H,5-9H2,1-4H3,(H,16,17,18). The van der Waals surface area contributed by atoms with E-state index < -0.39 is 0 Å². The lowest BCUT2D eigenvalue weighted by atomic mass is 9.53. The molecule has 0 aromatic rings. The van der Waals surface area contributed by atoms with Crippen LogP contribution in [0.3, 0.4) is 0 Å². The molecule has 1 aliphatic carbocycles. The quantitative estimate of drug-likeness (QED) is 0.728. The first-order valence-corrected chi connectivity index (χ1v) is 7.12. The van der Waals surface area contributed by atoms with Crippen molar-refractivity contribution in [1.82, 2.24) is 5.32 Å². The van der Waals surface area contributed by atoms with E-state index in [1.54, 1.807) is 0 Å². The van der Waals surface area contributed by atoms with Crippen molar-refractivity contribution in [2.75, 3.05) is 0 Å². The van der Waals surface area contributed by atoms with Crippen molar-refractivity contribution in [3.05, 3.63) is 0 Å². The van der Waals surface area contributed by atoms with E-state index in [9.17, 15) is 9.59 Å². The van der Waals surface area contributed by atoms with Crippen molar-refractivity contribution < 1.29 is 9.59 Å². The van der Waals surface area contributed by atoms with Gasteiger partial charge in [-0.15, -0.1) is 0 Å². The van der Waals surface area contributed by atoms with Gasteiger partial charge in [0.15, 0.2) is 0 Å². The summed E-state index contributed by atoms with van der Waals surface area (Å²) in [5, 5.41) is 2.52. The fourth-order valence-corrected chi connectivity index (χ4v) is 4.82. The molecule has 1 aliphatic heterocycles. The van der Waals surface area contributed by atoms with Gasteiger partial charge in [-0.05, 0) is 42.4 Å². The van der Waals surface area contributed by atoms with Crippen molar-refractivity contribution in [3.63, 3.8) is 0 Å². The van der Waals surface area contributed by atoms with Crippen molar-refractivity contribution in [1.29, 1.82) is 0 Å². The maximum Gasteiger partial charge on any atom is 0.230 e. The van der Waals surface area contributed by atoms with Crippen molar-refractivity contribution in [2.24, 2.45) is 22.7 Å². The Labute approximate surface area is 110 Å². The van der Waals surface area contributed by atoms with Gasteiger partial charge in [-0.2, -0.15) is 0 Å². The lowest BCUT2D eigenvalue weighted by Crippen LogP contribution is -2.55. The van der Waals surface area contributed by atoms with Crippen LogP contribution in [-0.2, 0) is 9.59 Å². The summed E-state index contributed by atoms with van der Waals surface area (Å²) in [6, 6.07) is 0. The Morgan fingerprint density at radius 2 is 1.94 bits per heavy atom. The highest BCUT2D eigenvalue weighted by Gasteiger charge is 2.52. The van der Waals surface area contributed by atoms with Crippen molar-refractivity contribution >= 4 is 11.8 Å². The Hall–Kier alpha value is -0.860. The summed E-state index contributed by atoms with van der Waals surface area (Å²) in [7, 11) is 0. The summed E-state index contributed by atoms with van der Waals surface area (Å²) in [4.78, 5) is 23.9. The number of piperidine rings is 1. The second kappa shape index (κ2) is 4.36. The minimum atomic E-state index is -0.0880. The van der Waals surface area contributed by atoms with E-state index in [0.29, 0.717) is 12.3 Å². The molecule has 0 aromatic carbocycles. The highest BCUT2D eigenvalue weighted by molar-refractivity contribution is 5.99. The number of hydrogen-bond donors (Lipinski definition) is 1. The maximum absolute atomic E-state index is 12.1. The normalized spacial score (nSPS) is 39.8. The Bertz CT molecular complexity index is 375. The number of carbonyl (C=O) groups is 2. The fourth-order valence-electron chi connectivity index (χ4n) is 4.82. The Morgan fingerprint density at radius 1 is 1.28 bits per heavy atom. The van der Waals surface area contributed by atoms with E-state index in [1.807, 2.05) is 0 Å². The van der Waals surface area contributed by atoms with E-state index >= 15 is 0 Å². The molecule has 1 saturated heterocycles. The predicted molar refractivity (Wildman–Crippen MR) is 70.8 cm³/mol. The van der Waals surface area contributed by atoms with E-state index in [2.05, 4.69) is 33.0 Å². The molecule has 1 spiro atoms. The molecule has 0 aromatic heterocycles. The molecule has 18 heavy (non-hydrogen) atoms. The second-order valence-electron chi connectivity index (χ2n) is 7.27. The number of imide groups is 1. The summed E-state index contributed by atoms with van der Waals surface area (Å²) in [5.41, 5.74) is 0.151. The van der Waals surface area contributed by atoms with Crippen LogP contribution in [-0.4, -0.2) is 11.8 Å². The number of carbonyl (C=O) groups excluding carboxylic acids is 2. The van der Waals surface area contributed by atoms with Crippen LogP contribution in [0.5, 0.6) is 0 Å². The molecular weight excluding hydrogens is 226 g/mol. The van der Waals surface area contributed by atoms with Gasteiger partial charge in [0, 0.05) is 12.3 Å². The maximum atomic E-state index is 12.1. The minimum Gasteiger partial charge on any atom is -0.296 e. The third-order valence-electron chi connectivity index (χ3n) is 4.73. The zero-order valence-corrected chi connectivity index (χ0v) is 12.0. The van der Waals surface area contributed by atoms with Gasteiger partial charge in [0.1, 0.15) is 0 Å². The molecule has 3 nitrogen and oxygen atoms in total. The largest absolute Gasteiger partial charge is 0.296 e. The molecule has 0 bridgehead atoms. The van der Waals surface area contributed by atoms with Gasteiger partial charge in [0.05, 0.1) is 0 Å².